The molecule has 0 aromatic carbocycles. The SMILES string of the molecule is O=C1C=CC(C2C=CC=C2)=CC1=O. The van der Waals surface area contributed by atoms with Gasteiger partial charge < -0.3 is 0 Å². The number of carbonyl (C=O) groups excluding carboxylic acids is 2. The first kappa shape index (κ1) is 7.92. The van der Waals surface area contributed by atoms with E-state index in [1.54, 1.807) is 6.08 Å². The minimum absolute atomic E-state index is 0.160. The third-order valence-corrected chi connectivity index (χ3v) is 2.10. The monoisotopic (exact) mass is 172 g/mol. The molecule has 0 aliphatic heterocycles. The van der Waals surface area contributed by atoms with Crippen LogP contribution in [0.4, 0.5) is 0 Å². The molecule has 2 nitrogen and oxygen atoms in total. The van der Waals surface area contributed by atoms with Gasteiger partial charge in [-0.3, -0.25) is 9.59 Å². The lowest BCUT2D eigenvalue weighted by molar-refractivity contribution is -0.131. The van der Waals surface area contributed by atoms with Gasteiger partial charge in [0.15, 0.2) is 0 Å². The topological polar surface area (TPSA) is 34.1 Å². The molecule has 2 aliphatic carbocycles. The van der Waals surface area contributed by atoms with Crippen LogP contribution in [0.3, 0.4) is 0 Å². The van der Waals surface area contributed by atoms with Crippen molar-refractivity contribution in [1.29, 1.82) is 0 Å². The molecule has 0 unspecified atom stereocenters. The number of allylic oxidation sites excluding steroid dienone is 8. The Labute approximate surface area is 75.9 Å². The number of hydrogen-bond donors (Lipinski definition) is 0. The fraction of sp³-hybridized carbons (Fsp3) is 0.0909. The highest BCUT2D eigenvalue weighted by Gasteiger charge is 2.17. The maximum absolute atomic E-state index is 11.0. The molecule has 0 saturated heterocycles. The molecular weight excluding hydrogens is 164 g/mol. The molecule has 0 fully saturated rings. The van der Waals surface area contributed by atoms with Gasteiger partial charge in [-0.1, -0.05) is 30.4 Å². The number of carbonyl (C=O) groups is 2. The van der Waals surface area contributed by atoms with Crippen LogP contribution in [0.2, 0.25) is 0 Å². The van der Waals surface area contributed by atoms with Crippen molar-refractivity contribution in [2.75, 3.05) is 0 Å². The Hall–Kier alpha value is -1.70. The third-order valence-electron chi connectivity index (χ3n) is 2.10. The zero-order valence-corrected chi connectivity index (χ0v) is 6.94. The molecule has 64 valence electrons. The van der Waals surface area contributed by atoms with E-state index in [2.05, 4.69) is 0 Å². The van der Waals surface area contributed by atoms with E-state index in [1.807, 2.05) is 24.3 Å². The summed E-state index contributed by atoms with van der Waals surface area (Å²) in [5.74, 6) is -0.700. The highest BCUT2D eigenvalue weighted by molar-refractivity contribution is 6.46. The van der Waals surface area contributed by atoms with E-state index in [0.29, 0.717) is 0 Å². The Morgan fingerprint density at radius 1 is 0.923 bits per heavy atom. The highest BCUT2D eigenvalue weighted by atomic mass is 16.2. The number of hydrogen-bond acceptors (Lipinski definition) is 2. The Kier molecular flexibility index (Phi) is 1.81. The van der Waals surface area contributed by atoms with E-state index in [4.69, 9.17) is 0 Å². The maximum atomic E-state index is 11.0. The van der Waals surface area contributed by atoms with Crippen LogP contribution in [0.1, 0.15) is 0 Å². The summed E-state index contributed by atoms with van der Waals surface area (Å²) in [6, 6.07) is 0. The van der Waals surface area contributed by atoms with E-state index in [-0.39, 0.29) is 5.92 Å². The van der Waals surface area contributed by atoms with Crippen molar-refractivity contribution in [3.8, 4) is 0 Å². The molecule has 0 radical (unpaired) electrons. The molecule has 0 aromatic heterocycles. The molecule has 13 heavy (non-hydrogen) atoms. The van der Waals surface area contributed by atoms with Crippen molar-refractivity contribution in [2.24, 2.45) is 5.92 Å². The van der Waals surface area contributed by atoms with Crippen LogP contribution in [-0.2, 0) is 9.59 Å². The van der Waals surface area contributed by atoms with Crippen LogP contribution in [0.15, 0.2) is 48.1 Å². The third kappa shape index (κ3) is 1.43. The summed E-state index contributed by atoms with van der Waals surface area (Å²) in [5.41, 5.74) is 0.884. The molecule has 0 N–H and O–H groups in total. The van der Waals surface area contributed by atoms with Gasteiger partial charge in [0.05, 0.1) is 0 Å². The van der Waals surface area contributed by atoms with Gasteiger partial charge in [0.2, 0.25) is 11.6 Å². The number of rotatable bonds is 1. The van der Waals surface area contributed by atoms with Gasteiger partial charge in [0.1, 0.15) is 0 Å². The van der Waals surface area contributed by atoms with E-state index >= 15 is 0 Å². The van der Waals surface area contributed by atoms with E-state index in [9.17, 15) is 9.59 Å². The van der Waals surface area contributed by atoms with Crippen molar-refractivity contribution in [1.82, 2.24) is 0 Å². The zero-order valence-electron chi connectivity index (χ0n) is 6.94. The Balaban J connectivity index is 2.27. The lowest BCUT2D eigenvalue weighted by Crippen LogP contribution is -2.13. The average molecular weight is 172 g/mol. The van der Waals surface area contributed by atoms with Crippen molar-refractivity contribution < 1.29 is 9.59 Å². The predicted octanol–water partition coefficient (Wildman–Crippen LogP) is 1.36. The predicted molar refractivity (Wildman–Crippen MR) is 49.0 cm³/mol. The Morgan fingerprint density at radius 2 is 1.62 bits per heavy atom. The first-order valence-corrected chi connectivity index (χ1v) is 4.10. The first-order valence-electron chi connectivity index (χ1n) is 4.10. The molecule has 0 amide bonds. The van der Waals surface area contributed by atoms with Crippen LogP contribution in [0.5, 0.6) is 0 Å². The van der Waals surface area contributed by atoms with E-state index < -0.39 is 11.6 Å². The van der Waals surface area contributed by atoms with Crippen molar-refractivity contribution in [3.63, 3.8) is 0 Å². The van der Waals surface area contributed by atoms with Crippen molar-refractivity contribution >= 4 is 11.6 Å². The van der Waals surface area contributed by atoms with Crippen LogP contribution >= 0.6 is 0 Å². The largest absolute Gasteiger partial charge is 0.286 e. The molecule has 0 saturated carbocycles. The van der Waals surface area contributed by atoms with E-state index in [1.165, 1.54) is 12.2 Å². The van der Waals surface area contributed by atoms with Crippen LogP contribution in [-0.4, -0.2) is 11.6 Å². The summed E-state index contributed by atoms with van der Waals surface area (Å²) in [6.07, 6.45) is 12.3. The minimum atomic E-state index is -0.435. The summed E-state index contributed by atoms with van der Waals surface area (Å²) >= 11 is 0. The van der Waals surface area contributed by atoms with Gasteiger partial charge in [0, 0.05) is 5.92 Å². The molecule has 0 bridgehead atoms. The first-order chi connectivity index (χ1) is 6.27. The van der Waals surface area contributed by atoms with Gasteiger partial charge in [0.25, 0.3) is 0 Å². The molecule has 0 atom stereocenters. The smallest absolute Gasteiger partial charge is 0.226 e. The van der Waals surface area contributed by atoms with Crippen LogP contribution in [0.25, 0.3) is 0 Å². The fourth-order valence-corrected chi connectivity index (χ4v) is 1.39. The lowest BCUT2D eigenvalue weighted by atomic mass is 9.94. The quantitative estimate of drug-likeness (QED) is 0.442. The second kappa shape index (κ2) is 2.98. The van der Waals surface area contributed by atoms with Gasteiger partial charge in [-0.2, -0.15) is 0 Å². The molecular formula is C11H8O2. The van der Waals surface area contributed by atoms with Gasteiger partial charge in [-0.25, -0.2) is 0 Å². The Morgan fingerprint density at radius 3 is 2.23 bits per heavy atom. The number of ketones is 2. The van der Waals surface area contributed by atoms with Gasteiger partial charge in [-0.05, 0) is 17.7 Å². The summed E-state index contributed by atoms with van der Waals surface area (Å²) < 4.78 is 0. The molecule has 2 rings (SSSR count). The molecule has 0 aromatic rings. The lowest BCUT2D eigenvalue weighted by Gasteiger charge is -2.08. The van der Waals surface area contributed by atoms with E-state index in [0.717, 1.165) is 5.57 Å². The molecule has 0 spiro atoms. The fourth-order valence-electron chi connectivity index (χ4n) is 1.39. The zero-order chi connectivity index (χ0) is 9.26. The highest BCUT2D eigenvalue weighted by Crippen LogP contribution is 2.21. The second-order valence-corrected chi connectivity index (χ2v) is 3.00. The maximum Gasteiger partial charge on any atom is 0.226 e. The van der Waals surface area contributed by atoms with Gasteiger partial charge in [-0.15, -0.1) is 0 Å². The van der Waals surface area contributed by atoms with Crippen molar-refractivity contribution in [2.45, 2.75) is 0 Å². The molecule has 2 heteroatoms. The molecule has 0 heterocycles. The van der Waals surface area contributed by atoms with Crippen molar-refractivity contribution in [3.05, 3.63) is 48.1 Å². The molecule has 2 aliphatic rings. The standard InChI is InChI=1S/C11H8O2/c12-10-6-5-9(7-11(10)13)8-3-1-2-4-8/h1-8H. The second-order valence-electron chi connectivity index (χ2n) is 3.00. The normalized spacial score (nSPS) is 21.4. The van der Waals surface area contributed by atoms with Gasteiger partial charge >= 0.3 is 0 Å². The summed E-state index contributed by atoms with van der Waals surface area (Å²) in [7, 11) is 0. The summed E-state index contributed by atoms with van der Waals surface area (Å²) in [6.45, 7) is 0. The van der Waals surface area contributed by atoms with Crippen LogP contribution < -0.4 is 0 Å². The average Bonchev–Trinajstić information content (AvgIpc) is 2.62. The summed E-state index contributed by atoms with van der Waals surface area (Å²) in [5, 5.41) is 0. The van der Waals surface area contributed by atoms with Crippen LogP contribution in [0, 0.1) is 5.92 Å². The summed E-state index contributed by atoms with van der Waals surface area (Å²) in [4.78, 5) is 21.9. The minimum Gasteiger partial charge on any atom is -0.286 e. The Bertz CT molecular complexity index is 369.